The molecule has 1 unspecified atom stereocenters. The normalized spacial score (nSPS) is 11.4. The van der Waals surface area contributed by atoms with Gasteiger partial charge in [-0.15, -0.1) is 11.3 Å². The molecule has 1 aromatic heterocycles. The Morgan fingerprint density at radius 1 is 0.967 bits per heavy atom. The van der Waals surface area contributed by atoms with Crippen LogP contribution in [0, 0.1) is 0 Å². The van der Waals surface area contributed by atoms with E-state index in [0.717, 1.165) is 0 Å². The predicted octanol–water partition coefficient (Wildman–Crippen LogP) is 5.49. The van der Waals surface area contributed by atoms with E-state index in [1.54, 1.807) is 42.5 Å². The first-order chi connectivity index (χ1) is 14.3. The molecule has 1 atom stereocenters. The largest absolute Gasteiger partial charge is 0.449 e. The second-order valence-corrected chi connectivity index (χ2v) is 7.88. The monoisotopic (exact) mass is 462 g/mol. The highest BCUT2D eigenvalue weighted by Crippen LogP contribution is 2.29. The fourth-order valence-electron chi connectivity index (χ4n) is 2.41. The molecule has 2 aromatic carbocycles. The van der Waals surface area contributed by atoms with Crippen molar-refractivity contribution in [3.63, 3.8) is 0 Å². The van der Waals surface area contributed by atoms with E-state index in [-0.39, 0.29) is 16.5 Å². The van der Waals surface area contributed by atoms with Gasteiger partial charge in [-0.2, -0.15) is 0 Å². The highest BCUT2D eigenvalue weighted by Gasteiger charge is 2.20. The second kappa shape index (κ2) is 9.75. The summed E-state index contributed by atoms with van der Waals surface area (Å²) in [6.07, 6.45) is -1.06. The smallest absolute Gasteiger partial charge is 0.338 e. The van der Waals surface area contributed by atoms with E-state index in [2.05, 4.69) is 10.6 Å². The number of esters is 1. The Balaban J connectivity index is 1.57. The van der Waals surface area contributed by atoms with Crippen LogP contribution in [-0.2, 0) is 9.53 Å². The number of hydrogen-bond donors (Lipinski definition) is 2. The molecule has 0 fully saturated rings. The van der Waals surface area contributed by atoms with Gasteiger partial charge in [-0.1, -0.05) is 35.3 Å². The molecule has 0 spiro atoms. The quantitative estimate of drug-likeness (QED) is 0.474. The van der Waals surface area contributed by atoms with Crippen molar-refractivity contribution in [2.45, 2.75) is 13.0 Å². The molecule has 154 valence electrons. The third-order valence-electron chi connectivity index (χ3n) is 3.99. The molecule has 3 aromatic rings. The average Bonchev–Trinajstić information content (AvgIpc) is 3.27. The van der Waals surface area contributed by atoms with Crippen LogP contribution < -0.4 is 10.6 Å². The van der Waals surface area contributed by atoms with Gasteiger partial charge in [0.15, 0.2) is 6.10 Å². The summed E-state index contributed by atoms with van der Waals surface area (Å²) in [6.45, 7) is 1.45. The molecular formula is C21H16Cl2N2O4S. The van der Waals surface area contributed by atoms with Gasteiger partial charge >= 0.3 is 5.97 Å². The van der Waals surface area contributed by atoms with Gasteiger partial charge in [0.2, 0.25) is 0 Å². The van der Waals surface area contributed by atoms with Crippen LogP contribution >= 0.6 is 34.5 Å². The highest BCUT2D eigenvalue weighted by molar-refractivity contribution is 7.12. The van der Waals surface area contributed by atoms with E-state index in [0.29, 0.717) is 21.3 Å². The molecular weight excluding hydrogens is 447 g/mol. The number of anilines is 2. The van der Waals surface area contributed by atoms with Crippen LogP contribution in [0.2, 0.25) is 10.0 Å². The molecule has 2 N–H and O–H groups in total. The molecule has 30 heavy (non-hydrogen) atoms. The van der Waals surface area contributed by atoms with Gasteiger partial charge < -0.3 is 15.4 Å². The summed E-state index contributed by atoms with van der Waals surface area (Å²) in [5.41, 5.74) is 1.10. The predicted molar refractivity (Wildman–Crippen MR) is 119 cm³/mol. The molecule has 0 radical (unpaired) electrons. The zero-order chi connectivity index (χ0) is 21.7. The number of thiophene rings is 1. The van der Waals surface area contributed by atoms with Gasteiger partial charge in [0.1, 0.15) is 0 Å². The molecule has 3 rings (SSSR count). The Labute approximate surface area is 186 Å². The Bertz CT molecular complexity index is 1070. The SMILES string of the molecule is CC(OC(=O)c1ccc(NC(=O)c2cccs2)cc1)C(=O)Nc1cccc(Cl)c1Cl. The van der Waals surface area contributed by atoms with E-state index in [1.807, 2.05) is 5.38 Å². The van der Waals surface area contributed by atoms with Crippen molar-refractivity contribution in [2.75, 3.05) is 10.6 Å². The summed E-state index contributed by atoms with van der Waals surface area (Å²) in [7, 11) is 0. The Morgan fingerprint density at radius 3 is 2.37 bits per heavy atom. The van der Waals surface area contributed by atoms with Gasteiger partial charge in [0.05, 0.1) is 26.2 Å². The first-order valence-electron chi connectivity index (χ1n) is 8.76. The number of amides is 2. The van der Waals surface area contributed by atoms with Gasteiger partial charge in [-0.3, -0.25) is 9.59 Å². The van der Waals surface area contributed by atoms with Crippen molar-refractivity contribution in [1.29, 1.82) is 0 Å². The molecule has 0 saturated heterocycles. The van der Waals surface area contributed by atoms with E-state index in [9.17, 15) is 14.4 Å². The number of carbonyl (C=O) groups excluding carboxylic acids is 3. The van der Waals surface area contributed by atoms with Gasteiger partial charge in [-0.05, 0) is 54.8 Å². The van der Waals surface area contributed by atoms with Gasteiger partial charge in [0, 0.05) is 5.69 Å². The van der Waals surface area contributed by atoms with Crippen molar-refractivity contribution in [2.24, 2.45) is 0 Å². The minimum absolute atomic E-state index is 0.200. The number of carbonyl (C=O) groups is 3. The first-order valence-corrected chi connectivity index (χ1v) is 10.4. The van der Waals surface area contributed by atoms with Gasteiger partial charge in [-0.25, -0.2) is 4.79 Å². The van der Waals surface area contributed by atoms with Crippen LogP contribution in [0.15, 0.2) is 60.0 Å². The maximum atomic E-state index is 12.3. The summed E-state index contributed by atoms with van der Waals surface area (Å²) in [5.74, 6) is -1.45. The average molecular weight is 463 g/mol. The minimum atomic E-state index is -1.06. The topological polar surface area (TPSA) is 84.5 Å². The third-order valence-corrected chi connectivity index (χ3v) is 5.67. The Morgan fingerprint density at radius 2 is 1.70 bits per heavy atom. The van der Waals surface area contributed by atoms with Crippen LogP contribution in [0.1, 0.15) is 27.0 Å². The van der Waals surface area contributed by atoms with E-state index in [4.69, 9.17) is 27.9 Å². The van der Waals surface area contributed by atoms with Crippen molar-refractivity contribution >= 4 is 63.7 Å². The standard InChI is InChI=1S/C21H16Cl2N2O4S/c1-12(19(26)25-16-5-2-4-15(22)18(16)23)29-21(28)13-7-9-14(10-8-13)24-20(27)17-6-3-11-30-17/h2-12H,1H3,(H,24,27)(H,25,26). The van der Waals surface area contributed by atoms with Crippen LogP contribution in [0.3, 0.4) is 0 Å². The molecule has 1 heterocycles. The van der Waals surface area contributed by atoms with Crippen molar-refractivity contribution < 1.29 is 19.1 Å². The number of nitrogens with one attached hydrogen (secondary N) is 2. The zero-order valence-corrected chi connectivity index (χ0v) is 18.0. The lowest BCUT2D eigenvalue weighted by molar-refractivity contribution is -0.123. The maximum absolute atomic E-state index is 12.3. The van der Waals surface area contributed by atoms with Crippen molar-refractivity contribution in [3.05, 3.63) is 80.5 Å². The number of hydrogen-bond acceptors (Lipinski definition) is 5. The summed E-state index contributed by atoms with van der Waals surface area (Å²) in [4.78, 5) is 37.2. The molecule has 0 saturated carbocycles. The lowest BCUT2D eigenvalue weighted by atomic mass is 10.2. The lowest BCUT2D eigenvalue weighted by Gasteiger charge is -2.14. The minimum Gasteiger partial charge on any atom is -0.449 e. The number of ether oxygens (including phenoxy) is 1. The van der Waals surface area contributed by atoms with Gasteiger partial charge in [0.25, 0.3) is 11.8 Å². The van der Waals surface area contributed by atoms with Crippen molar-refractivity contribution in [1.82, 2.24) is 0 Å². The second-order valence-electron chi connectivity index (χ2n) is 6.15. The van der Waals surface area contributed by atoms with E-state index >= 15 is 0 Å². The maximum Gasteiger partial charge on any atom is 0.338 e. The molecule has 0 aliphatic rings. The lowest BCUT2D eigenvalue weighted by Crippen LogP contribution is -2.30. The fraction of sp³-hybridized carbons (Fsp3) is 0.0952. The van der Waals surface area contributed by atoms with E-state index < -0.39 is 18.0 Å². The van der Waals surface area contributed by atoms with Crippen LogP contribution in [0.25, 0.3) is 0 Å². The molecule has 0 aliphatic heterocycles. The summed E-state index contributed by atoms with van der Waals surface area (Å²) in [5, 5.41) is 7.62. The Kier molecular flexibility index (Phi) is 7.10. The molecule has 9 heteroatoms. The summed E-state index contributed by atoms with van der Waals surface area (Å²) in [6, 6.07) is 14.5. The Hall–Kier alpha value is -2.87. The van der Waals surface area contributed by atoms with Crippen LogP contribution in [-0.4, -0.2) is 23.9 Å². The summed E-state index contributed by atoms with van der Waals surface area (Å²) < 4.78 is 5.21. The first kappa shape index (κ1) is 21.8. The fourth-order valence-corrected chi connectivity index (χ4v) is 3.37. The van der Waals surface area contributed by atoms with E-state index in [1.165, 1.54) is 30.4 Å². The number of rotatable bonds is 6. The third kappa shape index (κ3) is 5.38. The van der Waals surface area contributed by atoms with Crippen molar-refractivity contribution in [3.8, 4) is 0 Å². The molecule has 6 nitrogen and oxygen atoms in total. The van der Waals surface area contributed by atoms with Crippen LogP contribution in [0.4, 0.5) is 11.4 Å². The number of halogens is 2. The number of benzene rings is 2. The molecule has 0 aliphatic carbocycles. The molecule has 0 bridgehead atoms. The zero-order valence-electron chi connectivity index (χ0n) is 15.6. The molecule has 2 amide bonds. The van der Waals surface area contributed by atoms with Crippen LogP contribution in [0.5, 0.6) is 0 Å². The highest BCUT2D eigenvalue weighted by atomic mass is 35.5. The summed E-state index contributed by atoms with van der Waals surface area (Å²) >= 11 is 13.3.